The molecule has 110 valence electrons. The average molecular weight is 283 g/mol. The van der Waals surface area contributed by atoms with Gasteiger partial charge in [-0.2, -0.15) is 0 Å². The third kappa shape index (κ3) is 3.03. The van der Waals surface area contributed by atoms with E-state index in [9.17, 15) is 0 Å². The average Bonchev–Trinajstić information content (AvgIpc) is 2.53. The molecule has 0 amide bonds. The molecule has 2 aromatic rings. The van der Waals surface area contributed by atoms with E-state index in [1.54, 1.807) is 0 Å². The Labute approximate surface area is 125 Å². The fourth-order valence-electron chi connectivity index (χ4n) is 2.77. The van der Waals surface area contributed by atoms with Crippen LogP contribution in [0.2, 0.25) is 0 Å². The second kappa shape index (κ2) is 6.19. The minimum atomic E-state index is -0.0248. The van der Waals surface area contributed by atoms with Gasteiger partial charge in [0.2, 0.25) is 0 Å². The summed E-state index contributed by atoms with van der Waals surface area (Å²) in [6, 6.07) is 16.2. The van der Waals surface area contributed by atoms with Crippen molar-refractivity contribution < 1.29 is 9.47 Å². The third-order valence-electron chi connectivity index (χ3n) is 3.93. The molecule has 2 N–H and O–H groups in total. The summed E-state index contributed by atoms with van der Waals surface area (Å²) in [6.07, 6.45) is 0.983. The Kier molecular flexibility index (Phi) is 4.11. The first-order chi connectivity index (χ1) is 10.3. The Morgan fingerprint density at radius 2 is 1.95 bits per heavy atom. The molecule has 3 nitrogen and oxygen atoms in total. The predicted molar refractivity (Wildman–Crippen MR) is 83.8 cm³/mol. The van der Waals surface area contributed by atoms with Gasteiger partial charge in [-0.15, -0.1) is 0 Å². The molecule has 0 saturated carbocycles. The molecule has 21 heavy (non-hydrogen) atoms. The van der Waals surface area contributed by atoms with Gasteiger partial charge in [0, 0.05) is 23.1 Å². The number of ether oxygens (including phenoxy) is 2. The summed E-state index contributed by atoms with van der Waals surface area (Å²) >= 11 is 0. The lowest BCUT2D eigenvalue weighted by atomic mass is 9.94. The molecule has 2 unspecified atom stereocenters. The maximum absolute atomic E-state index is 6.06. The molecule has 1 heterocycles. The zero-order valence-electron chi connectivity index (χ0n) is 12.3. The number of hydrogen-bond donors (Lipinski definition) is 1. The molecule has 0 radical (unpaired) electrons. The van der Waals surface area contributed by atoms with Crippen LogP contribution in [0.3, 0.4) is 0 Å². The molecular weight excluding hydrogens is 262 g/mol. The van der Waals surface area contributed by atoms with Crippen LogP contribution in [-0.2, 0) is 0 Å². The smallest absolute Gasteiger partial charge is 0.124 e. The normalized spacial score (nSPS) is 18.5. The van der Waals surface area contributed by atoms with Crippen molar-refractivity contribution in [2.75, 3.05) is 13.2 Å². The van der Waals surface area contributed by atoms with Crippen molar-refractivity contribution in [2.24, 2.45) is 5.73 Å². The highest BCUT2D eigenvalue weighted by molar-refractivity contribution is 5.39. The van der Waals surface area contributed by atoms with Crippen molar-refractivity contribution in [3.05, 3.63) is 59.7 Å². The van der Waals surface area contributed by atoms with Gasteiger partial charge < -0.3 is 15.2 Å². The second-order valence-electron chi connectivity index (χ2n) is 5.51. The first kappa shape index (κ1) is 14.0. The van der Waals surface area contributed by atoms with Crippen LogP contribution in [0.4, 0.5) is 0 Å². The monoisotopic (exact) mass is 283 g/mol. The van der Waals surface area contributed by atoms with E-state index >= 15 is 0 Å². The van der Waals surface area contributed by atoms with Crippen molar-refractivity contribution in [2.45, 2.75) is 25.3 Å². The van der Waals surface area contributed by atoms with E-state index in [-0.39, 0.29) is 6.04 Å². The maximum Gasteiger partial charge on any atom is 0.124 e. The van der Waals surface area contributed by atoms with Crippen LogP contribution in [0.15, 0.2) is 48.5 Å². The Morgan fingerprint density at radius 1 is 1.19 bits per heavy atom. The Morgan fingerprint density at radius 3 is 2.81 bits per heavy atom. The standard InChI is InChI=1S/C18H21NO2/c1-13(19)15-6-2-4-8-17(15)21-12-14-10-11-20-18-9-5-3-7-16(14)18/h2-9,13-14H,10-12,19H2,1H3. The van der Waals surface area contributed by atoms with Gasteiger partial charge in [-0.05, 0) is 25.5 Å². The quantitative estimate of drug-likeness (QED) is 0.931. The maximum atomic E-state index is 6.06. The minimum Gasteiger partial charge on any atom is -0.493 e. The van der Waals surface area contributed by atoms with E-state index in [0.29, 0.717) is 12.5 Å². The zero-order chi connectivity index (χ0) is 14.7. The van der Waals surface area contributed by atoms with Crippen molar-refractivity contribution in [1.82, 2.24) is 0 Å². The minimum absolute atomic E-state index is 0.0248. The molecule has 1 aliphatic heterocycles. The van der Waals surface area contributed by atoms with Gasteiger partial charge in [0.05, 0.1) is 13.2 Å². The lowest BCUT2D eigenvalue weighted by molar-refractivity contribution is 0.216. The number of rotatable bonds is 4. The first-order valence-corrected chi connectivity index (χ1v) is 7.44. The fourth-order valence-corrected chi connectivity index (χ4v) is 2.77. The van der Waals surface area contributed by atoms with E-state index in [1.165, 1.54) is 5.56 Å². The van der Waals surface area contributed by atoms with Gasteiger partial charge in [0.15, 0.2) is 0 Å². The molecular formula is C18H21NO2. The lowest BCUT2D eigenvalue weighted by Crippen LogP contribution is -2.20. The highest BCUT2D eigenvalue weighted by atomic mass is 16.5. The molecule has 3 heteroatoms. The molecule has 0 spiro atoms. The molecule has 0 fully saturated rings. The van der Waals surface area contributed by atoms with Crippen LogP contribution in [0, 0.1) is 0 Å². The molecule has 2 atom stereocenters. The molecule has 0 saturated heterocycles. The topological polar surface area (TPSA) is 44.5 Å². The van der Waals surface area contributed by atoms with Crippen molar-refractivity contribution in [3.8, 4) is 11.5 Å². The summed E-state index contributed by atoms with van der Waals surface area (Å²) in [5.74, 6) is 2.24. The highest BCUT2D eigenvalue weighted by Gasteiger charge is 2.22. The summed E-state index contributed by atoms with van der Waals surface area (Å²) in [6.45, 7) is 3.38. The van der Waals surface area contributed by atoms with Gasteiger partial charge in [-0.1, -0.05) is 36.4 Å². The molecule has 1 aliphatic rings. The van der Waals surface area contributed by atoms with Crippen LogP contribution in [0.1, 0.15) is 36.4 Å². The van der Waals surface area contributed by atoms with Crippen molar-refractivity contribution in [1.29, 1.82) is 0 Å². The Balaban J connectivity index is 1.75. The number of benzene rings is 2. The van der Waals surface area contributed by atoms with Crippen LogP contribution in [0.5, 0.6) is 11.5 Å². The summed E-state index contributed by atoms with van der Waals surface area (Å²) in [4.78, 5) is 0. The highest BCUT2D eigenvalue weighted by Crippen LogP contribution is 2.34. The van der Waals surface area contributed by atoms with Crippen LogP contribution in [0.25, 0.3) is 0 Å². The fraction of sp³-hybridized carbons (Fsp3) is 0.333. The third-order valence-corrected chi connectivity index (χ3v) is 3.93. The van der Waals surface area contributed by atoms with E-state index < -0.39 is 0 Å². The van der Waals surface area contributed by atoms with E-state index in [4.69, 9.17) is 15.2 Å². The van der Waals surface area contributed by atoms with Gasteiger partial charge in [-0.25, -0.2) is 0 Å². The van der Waals surface area contributed by atoms with Gasteiger partial charge >= 0.3 is 0 Å². The van der Waals surface area contributed by atoms with E-state index in [0.717, 1.165) is 30.1 Å². The number of hydrogen-bond acceptors (Lipinski definition) is 3. The van der Waals surface area contributed by atoms with Gasteiger partial charge in [0.1, 0.15) is 11.5 Å². The Bertz CT molecular complexity index is 610. The van der Waals surface area contributed by atoms with Crippen LogP contribution >= 0.6 is 0 Å². The molecule has 0 aliphatic carbocycles. The van der Waals surface area contributed by atoms with Gasteiger partial charge in [0.25, 0.3) is 0 Å². The van der Waals surface area contributed by atoms with Crippen molar-refractivity contribution in [3.63, 3.8) is 0 Å². The van der Waals surface area contributed by atoms with Crippen LogP contribution < -0.4 is 15.2 Å². The second-order valence-corrected chi connectivity index (χ2v) is 5.51. The zero-order valence-corrected chi connectivity index (χ0v) is 12.3. The molecule has 2 aromatic carbocycles. The summed E-state index contributed by atoms with van der Waals surface area (Å²) in [5.41, 5.74) is 8.29. The summed E-state index contributed by atoms with van der Waals surface area (Å²) < 4.78 is 11.8. The SMILES string of the molecule is CC(N)c1ccccc1OCC1CCOc2ccccc21. The largest absolute Gasteiger partial charge is 0.493 e. The Hall–Kier alpha value is -2.00. The number of para-hydroxylation sites is 2. The van der Waals surface area contributed by atoms with Gasteiger partial charge in [-0.3, -0.25) is 0 Å². The molecule has 0 aromatic heterocycles. The summed E-state index contributed by atoms with van der Waals surface area (Å²) in [5, 5.41) is 0. The van der Waals surface area contributed by atoms with Crippen LogP contribution in [-0.4, -0.2) is 13.2 Å². The van der Waals surface area contributed by atoms with Crippen molar-refractivity contribution >= 4 is 0 Å². The molecule has 0 bridgehead atoms. The lowest BCUT2D eigenvalue weighted by Gasteiger charge is -2.26. The number of nitrogens with two attached hydrogens (primary N) is 1. The first-order valence-electron chi connectivity index (χ1n) is 7.44. The van der Waals surface area contributed by atoms with E-state index in [2.05, 4.69) is 12.1 Å². The van der Waals surface area contributed by atoms with E-state index in [1.807, 2.05) is 43.3 Å². The number of fused-ring (bicyclic) bond motifs is 1. The molecule has 3 rings (SSSR count). The predicted octanol–water partition coefficient (Wildman–Crippen LogP) is 3.65. The summed E-state index contributed by atoms with van der Waals surface area (Å²) in [7, 11) is 0.